The molecule has 0 aromatic heterocycles. The van der Waals surface area contributed by atoms with Gasteiger partial charge in [-0.1, -0.05) is 36.5 Å². The van der Waals surface area contributed by atoms with Crippen LogP contribution < -0.4 is 25.0 Å². The van der Waals surface area contributed by atoms with Crippen LogP contribution in [0.1, 0.15) is 35.7 Å². The molecule has 0 aliphatic carbocycles. The molecule has 3 aromatic rings. The van der Waals surface area contributed by atoms with E-state index in [-0.39, 0.29) is 16.5 Å². The molecule has 0 atom stereocenters. The number of esters is 1. The summed E-state index contributed by atoms with van der Waals surface area (Å²) < 4.78 is 16.4. The summed E-state index contributed by atoms with van der Waals surface area (Å²) in [4.78, 5) is 36.6. The molecule has 9 nitrogen and oxygen atoms in total. The molecule has 38 heavy (non-hydrogen) atoms. The first-order valence-corrected chi connectivity index (χ1v) is 12.3. The number of benzene rings is 3. The van der Waals surface area contributed by atoms with E-state index < -0.39 is 17.8 Å². The summed E-state index contributed by atoms with van der Waals surface area (Å²) in [5, 5.41) is 6.71. The number of hydrogen-bond acceptors (Lipinski definition) is 7. The molecule has 0 heterocycles. The van der Waals surface area contributed by atoms with Crippen molar-refractivity contribution in [3.63, 3.8) is 0 Å². The number of carbonyl (C=O) groups is 3. The summed E-state index contributed by atoms with van der Waals surface area (Å²) in [6, 6.07) is 15.8. The van der Waals surface area contributed by atoms with Gasteiger partial charge < -0.3 is 19.5 Å². The number of nitrogens with one attached hydrogen (secondary N) is 2. The number of ether oxygens (including phenoxy) is 3. The molecule has 2 amide bonds. The van der Waals surface area contributed by atoms with Gasteiger partial charge in [-0.15, -0.1) is 0 Å². The number of anilines is 1. The SMILES string of the molecule is CCCCOc1ccc(C(=O)Oc2ccc(C=NNC(=O)C(=O)Nc3ccc(Cl)c(Cl)c3)cc2OC)cc1. The Bertz CT molecular complexity index is 1330. The maximum absolute atomic E-state index is 12.6. The molecule has 0 aliphatic rings. The van der Waals surface area contributed by atoms with Crippen LogP contribution >= 0.6 is 23.2 Å². The summed E-state index contributed by atoms with van der Waals surface area (Å²) in [5.74, 6) is -1.36. The van der Waals surface area contributed by atoms with E-state index in [0.29, 0.717) is 34.2 Å². The van der Waals surface area contributed by atoms with Gasteiger partial charge in [0, 0.05) is 5.69 Å². The first-order valence-electron chi connectivity index (χ1n) is 11.5. The maximum atomic E-state index is 12.6. The molecule has 0 bridgehead atoms. The number of amides is 2. The van der Waals surface area contributed by atoms with Crippen molar-refractivity contribution >= 4 is 52.9 Å². The summed E-state index contributed by atoms with van der Waals surface area (Å²) in [7, 11) is 1.42. The first kappa shape index (κ1) is 28.5. The van der Waals surface area contributed by atoms with Gasteiger partial charge in [0.1, 0.15) is 5.75 Å². The lowest BCUT2D eigenvalue weighted by Gasteiger charge is -2.10. The minimum Gasteiger partial charge on any atom is -0.494 e. The number of nitrogens with zero attached hydrogens (tertiary/aromatic N) is 1. The highest BCUT2D eigenvalue weighted by atomic mass is 35.5. The average Bonchev–Trinajstić information content (AvgIpc) is 2.91. The number of hydrazone groups is 1. The van der Waals surface area contributed by atoms with Gasteiger partial charge in [0.05, 0.1) is 35.5 Å². The molecule has 198 valence electrons. The normalized spacial score (nSPS) is 10.6. The molecule has 0 aliphatic heterocycles. The Morgan fingerprint density at radius 3 is 2.37 bits per heavy atom. The minimum absolute atomic E-state index is 0.197. The number of hydrogen-bond donors (Lipinski definition) is 2. The van der Waals surface area contributed by atoms with Crippen molar-refractivity contribution in [1.82, 2.24) is 5.43 Å². The second kappa shape index (κ2) is 14.0. The molecular weight excluding hydrogens is 533 g/mol. The standard InChI is InChI=1S/C27H25Cl2N3O6/c1-3-4-13-37-20-9-6-18(7-10-20)27(35)38-23-12-5-17(14-24(23)36-2)16-30-32-26(34)25(33)31-19-8-11-21(28)22(29)15-19/h5-12,14-16H,3-4,13H2,1-2H3,(H,31,33)(H,32,34). The molecule has 3 rings (SSSR count). The Morgan fingerprint density at radius 1 is 0.921 bits per heavy atom. The largest absolute Gasteiger partial charge is 0.494 e. The number of rotatable bonds is 10. The molecule has 0 saturated carbocycles. The third-order valence-corrected chi connectivity index (χ3v) is 5.75. The van der Waals surface area contributed by atoms with Crippen molar-refractivity contribution in [3.05, 3.63) is 81.8 Å². The lowest BCUT2D eigenvalue weighted by atomic mass is 10.2. The molecule has 3 aromatic carbocycles. The van der Waals surface area contributed by atoms with Crippen LogP contribution in [0.5, 0.6) is 17.2 Å². The fourth-order valence-corrected chi connectivity index (χ4v) is 3.31. The fourth-order valence-electron chi connectivity index (χ4n) is 3.01. The zero-order chi connectivity index (χ0) is 27.5. The molecule has 0 radical (unpaired) electrons. The highest BCUT2D eigenvalue weighted by molar-refractivity contribution is 6.43. The molecule has 0 saturated heterocycles. The van der Waals surface area contributed by atoms with E-state index >= 15 is 0 Å². The zero-order valence-corrected chi connectivity index (χ0v) is 22.1. The molecule has 0 spiro atoms. The Balaban J connectivity index is 1.56. The van der Waals surface area contributed by atoms with Crippen LogP contribution in [0.25, 0.3) is 0 Å². The molecule has 0 fully saturated rings. The van der Waals surface area contributed by atoms with Crippen molar-refractivity contribution in [2.24, 2.45) is 5.10 Å². The summed E-state index contributed by atoms with van der Waals surface area (Å²) >= 11 is 11.7. The van der Waals surface area contributed by atoms with Crippen LogP contribution in [0.2, 0.25) is 10.0 Å². The van der Waals surface area contributed by atoms with Crippen LogP contribution in [-0.2, 0) is 9.59 Å². The summed E-state index contributed by atoms with van der Waals surface area (Å²) in [6.45, 7) is 2.69. The predicted octanol–water partition coefficient (Wildman–Crippen LogP) is 5.49. The van der Waals surface area contributed by atoms with Crippen LogP contribution in [0.4, 0.5) is 5.69 Å². The monoisotopic (exact) mass is 557 g/mol. The fraction of sp³-hybridized carbons (Fsp3) is 0.185. The van der Waals surface area contributed by atoms with Crippen LogP contribution in [0.3, 0.4) is 0 Å². The minimum atomic E-state index is -0.994. The smallest absolute Gasteiger partial charge is 0.343 e. The van der Waals surface area contributed by atoms with Crippen LogP contribution in [0.15, 0.2) is 65.8 Å². The van der Waals surface area contributed by atoms with E-state index in [1.807, 2.05) is 0 Å². The highest BCUT2D eigenvalue weighted by Crippen LogP contribution is 2.29. The van der Waals surface area contributed by atoms with Gasteiger partial charge in [-0.3, -0.25) is 9.59 Å². The van der Waals surface area contributed by atoms with Crippen molar-refractivity contribution in [1.29, 1.82) is 0 Å². The van der Waals surface area contributed by atoms with Gasteiger partial charge in [-0.2, -0.15) is 5.10 Å². The van der Waals surface area contributed by atoms with Crippen molar-refractivity contribution < 1.29 is 28.6 Å². The molecule has 0 unspecified atom stereocenters. The Hall–Kier alpha value is -4.08. The lowest BCUT2D eigenvalue weighted by Crippen LogP contribution is -2.32. The van der Waals surface area contributed by atoms with Gasteiger partial charge in [0.15, 0.2) is 11.5 Å². The quantitative estimate of drug-likeness (QED) is 0.0850. The maximum Gasteiger partial charge on any atom is 0.343 e. The lowest BCUT2D eigenvalue weighted by molar-refractivity contribution is -0.136. The van der Waals surface area contributed by atoms with E-state index in [9.17, 15) is 14.4 Å². The number of halogens is 2. The van der Waals surface area contributed by atoms with E-state index in [2.05, 4.69) is 22.8 Å². The average molecular weight is 558 g/mol. The molecule has 11 heteroatoms. The molecule has 2 N–H and O–H groups in total. The Kier molecular flexibility index (Phi) is 10.5. The second-order valence-corrected chi connectivity index (χ2v) is 8.62. The summed E-state index contributed by atoms with van der Waals surface area (Å²) in [6.07, 6.45) is 3.28. The van der Waals surface area contributed by atoms with E-state index in [1.54, 1.807) is 36.4 Å². The molecular formula is C27H25Cl2N3O6. The first-order chi connectivity index (χ1) is 18.3. The highest BCUT2D eigenvalue weighted by Gasteiger charge is 2.15. The van der Waals surface area contributed by atoms with Gasteiger partial charge in [-0.05, 0) is 72.6 Å². The van der Waals surface area contributed by atoms with Gasteiger partial charge in [0.25, 0.3) is 0 Å². The van der Waals surface area contributed by atoms with Crippen LogP contribution in [-0.4, -0.2) is 37.7 Å². The zero-order valence-electron chi connectivity index (χ0n) is 20.6. The van der Waals surface area contributed by atoms with E-state index in [1.165, 1.54) is 37.6 Å². The second-order valence-electron chi connectivity index (χ2n) is 7.81. The van der Waals surface area contributed by atoms with Gasteiger partial charge >= 0.3 is 17.8 Å². The van der Waals surface area contributed by atoms with Gasteiger partial charge in [0.2, 0.25) is 0 Å². The predicted molar refractivity (Wildman–Crippen MR) is 146 cm³/mol. The van der Waals surface area contributed by atoms with Crippen molar-refractivity contribution in [2.45, 2.75) is 19.8 Å². The topological polar surface area (TPSA) is 115 Å². The Morgan fingerprint density at radius 2 is 1.68 bits per heavy atom. The number of unbranched alkanes of at least 4 members (excludes halogenated alkanes) is 1. The van der Waals surface area contributed by atoms with Crippen LogP contribution in [0, 0.1) is 0 Å². The number of methoxy groups -OCH3 is 1. The third-order valence-electron chi connectivity index (χ3n) is 5.01. The Labute approximate surface area is 229 Å². The third kappa shape index (κ3) is 8.22. The summed E-state index contributed by atoms with van der Waals surface area (Å²) in [5.41, 5.74) is 3.29. The van der Waals surface area contributed by atoms with E-state index in [0.717, 1.165) is 12.8 Å². The van der Waals surface area contributed by atoms with Gasteiger partial charge in [-0.25, -0.2) is 10.2 Å². The number of carbonyl (C=O) groups excluding carboxylic acids is 3. The van der Waals surface area contributed by atoms with Crippen molar-refractivity contribution in [2.75, 3.05) is 19.0 Å². The van der Waals surface area contributed by atoms with Crippen molar-refractivity contribution in [3.8, 4) is 17.2 Å². The van der Waals surface area contributed by atoms with E-state index in [4.69, 9.17) is 37.4 Å².